The molecule has 0 bridgehead atoms. The Kier molecular flexibility index (Phi) is 1.95. The second kappa shape index (κ2) is 2.87. The summed E-state index contributed by atoms with van der Waals surface area (Å²) in [6.45, 7) is 2.12. The maximum Gasteiger partial charge on any atom is 0.236 e. The Morgan fingerprint density at radius 3 is 3.08 bits per heavy atom. The monoisotopic (exact) mass is 199 g/mol. The Labute approximate surface area is 78.6 Å². The number of hydrogen-bond acceptors (Lipinski definition) is 2. The lowest BCUT2D eigenvalue weighted by Gasteiger charge is -2.14. The standard InChI is InChI=1S/C9H13NO2S/c1-2-7-3-4-8-6-13(11,12)10-9(8)5-7/h4-5,7,10H,2-3,6H2,1H3. The highest BCUT2D eigenvalue weighted by molar-refractivity contribution is 7.90. The first-order valence-electron chi connectivity index (χ1n) is 4.52. The first-order chi connectivity index (χ1) is 6.11. The van der Waals surface area contributed by atoms with Crippen LogP contribution in [0.5, 0.6) is 0 Å². The summed E-state index contributed by atoms with van der Waals surface area (Å²) < 4.78 is 25.0. The van der Waals surface area contributed by atoms with Gasteiger partial charge in [0.15, 0.2) is 0 Å². The lowest BCUT2D eigenvalue weighted by Crippen LogP contribution is -2.15. The van der Waals surface area contributed by atoms with Crippen molar-refractivity contribution in [1.29, 1.82) is 0 Å². The van der Waals surface area contributed by atoms with E-state index in [9.17, 15) is 8.42 Å². The van der Waals surface area contributed by atoms with Gasteiger partial charge < -0.3 is 0 Å². The van der Waals surface area contributed by atoms with Crippen molar-refractivity contribution in [3.05, 3.63) is 23.4 Å². The van der Waals surface area contributed by atoms with Gasteiger partial charge in [-0.05, 0) is 24.3 Å². The lowest BCUT2D eigenvalue weighted by atomic mass is 9.93. The molecule has 0 aromatic carbocycles. The number of rotatable bonds is 1. The number of nitrogens with one attached hydrogen (secondary N) is 1. The molecule has 3 nitrogen and oxygen atoms in total. The van der Waals surface area contributed by atoms with Gasteiger partial charge in [0.2, 0.25) is 10.0 Å². The molecule has 0 saturated carbocycles. The lowest BCUT2D eigenvalue weighted by molar-refractivity contribution is 0.595. The van der Waals surface area contributed by atoms with Crippen LogP contribution in [-0.4, -0.2) is 14.2 Å². The first kappa shape index (κ1) is 8.81. The van der Waals surface area contributed by atoms with Crippen LogP contribution in [0.1, 0.15) is 19.8 Å². The minimum absolute atomic E-state index is 0.162. The Balaban J connectivity index is 2.31. The fraction of sp³-hybridized carbons (Fsp3) is 0.556. The molecular weight excluding hydrogens is 186 g/mol. The van der Waals surface area contributed by atoms with Crippen LogP contribution in [0.2, 0.25) is 0 Å². The van der Waals surface area contributed by atoms with Crippen molar-refractivity contribution < 1.29 is 8.42 Å². The highest BCUT2D eigenvalue weighted by Crippen LogP contribution is 2.28. The van der Waals surface area contributed by atoms with E-state index in [0.717, 1.165) is 24.1 Å². The molecule has 1 atom stereocenters. The minimum Gasteiger partial charge on any atom is -0.283 e. The molecule has 0 aromatic heterocycles. The fourth-order valence-electron chi connectivity index (χ4n) is 1.74. The zero-order valence-electron chi connectivity index (χ0n) is 7.58. The topological polar surface area (TPSA) is 46.2 Å². The van der Waals surface area contributed by atoms with Crippen LogP contribution < -0.4 is 4.72 Å². The number of allylic oxidation sites excluding steroid dienone is 3. The van der Waals surface area contributed by atoms with Crippen LogP contribution in [0, 0.1) is 5.92 Å². The van der Waals surface area contributed by atoms with E-state index in [1.807, 2.05) is 12.2 Å². The Morgan fingerprint density at radius 2 is 2.38 bits per heavy atom. The van der Waals surface area contributed by atoms with E-state index in [4.69, 9.17) is 0 Å². The number of sulfonamides is 1. The van der Waals surface area contributed by atoms with E-state index in [1.54, 1.807) is 0 Å². The second-order valence-corrected chi connectivity index (χ2v) is 5.30. The number of fused-ring (bicyclic) bond motifs is 1. The second-order valence-electron chi connectivity index (χ2n) is 3.57. The summed E-state index contributed by atoms with van der Waals surface area (Å²) in [5.74, 6) is 0.662. The molecule has 1 heterocycles. The van der Waals surface area contributed by atoms with Crippen molar-refractivity contribution in [2.24, 2.45) is 5.92 Å². The third-order valence-electron chi connectivity index (χ3n) is 2.55. The molecule has 0 radical (unpaired) electrons. The Bertz CT molecular complexity index is 378. The van der Waals surface area contributed by atoms with Gasteiger partial charge in [0, 0.05) is 5.70 Å². The largest absolute Gasteiger partial charge is 0.283 e. The van der Waals surface area contributed by atoms with Crippen LogP contribution in [-0.2, 0) is 10.0 Å². The van der Waals surface area contributed by atoms with Crippen LogP contribution in [0.15, 0.2) is 23.4 Å². The molecule has 13 heavy (non-hydrogen) atoms. The third-order valence-corrected chi connectivity index (χ3v) is 3.77. The summed E-state index contributed by atoms with van der Waals surface area (Å²) >= 11 is 0. The summed E-state index contributed by atoms with van der Waals surface area (Å²) in [4.78, 5) is 0. The molecule has 4 heteroatoms. The smallest absolute Gasteiger partial charge is 0.236 e. The SMILES string of the molecule is CCC1C=C2NS(=O)(=O)CC2=CC1. The third kappa shape index (κ3) is 1.63. The van der Waals surface area contributed by atoms with E-state index < -0.39 is 10.0 Å². The van der Waals surface area contributed by atoms with E-state index in [1.165, 1.54) is 0 Å². The molecule has 1 saturated heterocycles. The summed E-state index contributed by atoms with van der Waals surface area (Å²) in [7, 11) is -3.05. The van der Waals surface area contributed by atoms with Crippen LogP contribution in [0.3, 0.4) is 0 Å². The molecule has 72 valence electrons. The summed E-state index contributed by atoms with van der Waals surface area (Å²) in [5, 5.41) is 0. The van der Waals surface area contributed by atoms with Gasteiger partial charge in [-0.1, -0.05) is 19.1 Å². The average Bonchev–Trinajstić information content (AvgIpc) is 2.36. The molecule has 1 aliphatic carbocycles. The van der Waals surface area contributed by atoms with Gasteiger partial charge in [-0.3, -0.25) is 4.72 Å². The van der Waals surface area contributed by atoms with Gasteiger partial charge in [0.25, 0.3) is 0 Å². The quantitative estimate of drug-likeness (QED) is 0.688. The normalized spacial score (nSPS) is 30.1. The van der Waals surface area contributed by atoms with Gasteiger partial charge in [0.05, 0.1) is 5.75 Å². The minimum atomic E-state index is -3.05. The van der Waals surface area contributed by atoms with Gasteiger partial charge in [-0.2, -0.15) is 0 Å². The van der Waals surface area contributed by atoms with Gasteiger partial charge in [0.1, 0.15) is 0 Å². The molecule has 1 fully saturated rings. The number of hydrogen-bond donors (Lipinski definition) is 1. The molecule has 2 aliphatic rings. The predicted molar refractivity (Wildman–Crippen MR) is 51.5 cm³/mol. The first-order valence-corrected chi connectivity index (χ1v) is 6.17. The molecule has 1 aliphatic heterocycles. The summed E-state index contributed by atoms with van der Waals surface area (Å²) in [5.41, 5.74) is 1.77. The molecule has 0 spiro atoms. The average molecular weight is 199 g/mol. The molecule has 1 N–H and O–H groups in total. The van der Waals surface area contributed by atoms with Crippen LogP contribution >= 0.6 is 0 Å². The predicted octanol–water partition coefficient (Wildman–Crippen LogP) is 1.16. The maximum absolute atomic E-state index is 11.2. The summed E-state index contributed by atoms with van der Waals surface area (Å²) in [6.07, 6.45) is 6.13. The van der Waals surface area contributed by atoms with E-state index in [0.29, 0.717) is 5.92 Å². The van der Waals surface area contributed by atoms with Gasteiger partial charge >= 0.3 is 0 Å². The van der Waals surface area contributed by atoms with Crippen molar-refractivity contribution in [3.8, 4) is 0 Å². The molecule has 0 aromatic rings. The van der Waals surface area contributed by atoms with E-state index in [-0.39, 0.29) is 5.75 Å². The van der Waals surface area contributed by atoms with Crippen LogP contribution in [0.25, 0.3) is 0 Å². The Morgan fingerprint density at radius 1 is 1.62 bits per heavy atom. The van der Waals surface area contributed by atoms with Crippen molar-refractivity contribution in [1.82, 2.24) is 4.72 Å². The summed E-state index contributed by atoms with van der Waals surface area (Å²) in [6, 6.07) is 0. The molecule has 2 rings (SSSR count). The van der Waals surface area contributed by atoms with Crippen molar-refractivity contribution in [2.45, 2.75) is 19.8 Å². The van der Waals surface area contributed by atoms with Gasteiger partial charge in [-0.15, -0.1) is 0 Å². The van der Waals surface area contributed by atoms with E-state index >= 15 is 0 Å². The van der Waals surface area contributed by atoms with Crippen molar-refractivity contribution in [3.63, 3.8) is 0 Å². The van der Waals surface area contributed by atoms with Crippen molar-refractivity contribution in [2.75, 3.05) is 5.75 Å². The van der Waals surface area contributed by atoms with Gasteiger partial charge in [-0.25, -0.2) is 8.42 Å². The molecule has 0 amide bonds. The Hall–Kier alpha value is -0.770. The van der Waals surface area contributed by atoms with Crippen molar-refractivity contribution >= 4 is 10.0 Å². The van der Waals surface area contributed by atoms with E-state index in [2.05, 4.69) is 11.6 Å². The highest BCUT2D eigenvalue weighted by atomic mass is 32.2. The molecule has 1 unspecified atom stereocenters. The zero-order chi connectivity index (χ0) is 9.47. The maximum atomic E-state index is 11.2. The zero-order valence-corrected chi connectivity index (χ0v) is 8.39. The molecular formula is C9H13NO2S. The fourth-order valence-corrected chi connectivity index (χ4v) is 3.03. The highest BCUT2D eigenvalue weighted by Gasteiger charge is 2.28. The van der Waals surface area contributed by atoms with Crippen LogP contribution in [0.4, 0.5) is 0 Å².